The third-order valence-corrected chi connectivity index (χ3v) is 3.51. The van der Waals surface area contributed by atoms with Crippen LogP contribution in [0, 0.1) is 16.0 Å². The van der Waals surface area contributed by atoms with Crippen LogP contribution < -0.4 is 11.1 Å². The second-order valence-corrected chi connectivity index (χ2v) is 4.82. The molecule has 1 aliphatic rings. The van der Waals surface area contributed by atoms with E-state index >= 15 is 0 Å². The van der Waals surface area contributed by atoms with Crippen molar-refractivity contribution in [2.24, 2.45) is 11.7 Å². The summed E-state index contributed by atoms with van der Waals surface area (Å²) in [6, 6.07) is 5.97. The molecule has 0 saturated heterocycles. The lowest BCUT2D eigenvalue weighted by Gasteiger charge is -2.27. The molecule has 2 rings (SSSR count). The largest absolute Gasteiger partial charge is 0.327 e. The summed E-state index contributed by atoms with van der Waals surface area (Å²) in [7, 11) is 0. The molecule has 6 heteroatoms. The monoisotopic (exact) mass is 263 g/mol. The summed E-state index contributed by atoms with van der Waals surface area (Å²) >= 11 is 0. The van der Waals surface area contributed by atoms with Crippen molar-refractivity contribution in [2.75, 3.05) is 5.32 Å². The van der Waals surface area contributed by atoms with Crippen LogP contribution in [0.1, 0.15) is 25.7 Å². The minimum Gasteiger partial charge on any atom is -0.327 e. The number of nitro groups is 1. The number of carbonyl (C=O) groups excluding carboxylic acids is 1. The van der Waals surface area contributed by atoms with E-state index < -0.39 is 4.92 Å². The van der Waals surface area contributed by atoms with E-state index in [9.17, 15) is 14.9 Å². The van der Waals surface area contributed by atoms with E-state index in [0.717, 1.165) is 25.7 Å². The number of para-hydroxylation sites is 2. The maximum absolute atomic E-state index is 12.1. The normalized spacial score (nSPS) is 22.8. The zero-order valence-corrected chi connectivity index (χ0v) is 10.5. The average Bonchev–Trinajstić information content (AvgIpc) is 2.39. The molecule has 0 heterocycles. The van der Waals surface area contributed by atoms with Crippen LogP contribution in [-0.4, -0.2) is 16.9 Å². The summed E-state index contributed by atoms with van der Waals surface area (Å²) in [5.41, 5.74) is 6.07. The molecule has 1 saturated carbocycles. The lowest BCUT2D eigenvalue weighted by Crippen LogP contribution is -2.40. The van der Waals surface area contributed by atoms with Gasteiger partial charge in [0.25, 0.3) is 5.69 Å². The molecular weight excluding hydrogens is 246 g/mol. The molecule has 19 heavy (non-hydrogen) atoms. The van der Waals surface area contributed by atoms with Gasteiger partial charge in [0.1, 0.15) is 5.69 Å². The van der Waals surface area contributed by atoms with Crippen molar-refractivity contribution in [3.8, 4) is 0 Å². The van der Waals surface area contributed by atoms with Crippen LogP contribution in [0.3, 0.4) is 0 Å². The van der Waals surface area contributed by atoms with Gasteiger partial charge < -0.3 is 11.1 Å². The number of nitrogens with one attached hydrogen (secondary N) is 1. The number of benzene rings is 1. The molecular formula is C13H17N3O3. The highest BCUT2D eigenvalue weighted by atomic mass is 16.6. The number of hydrogen-bond acceptors (Lipinski definition) is 4. The number of carbonyl (C=O) groups is 1. The Morgan fingerprint density at radius 3 is 2.68 bits per heavy atom. The van der Waals surface area contributed by atoms with Gasteiger partial charge in [0.05, 0.1) is 10.8 Å². The van der Waals surface area contributed by atoms with Gasteiger partial charge in [0.15, 0.2) is 0 Å². The molecule has 0 aliphatic heterocycles. The zero-order valence-electron chi connectivity index (χ0n) is 10.5. The van der Waals surface area contributed by atoms with E-state index in [-0.39, 0.29) is 29.2 Å². The van der Waals surface area contributed by atoms with E-state index in [2.05, 4.69) is 5.32 Å². The Hall–Kier alpha value is -1.95. The quantitative estimate of drug-likeness (QED) is 0.644. The van der Waals surface area contributed by atoms with E-state index in [1.54, 1.807) is 12.1 Å². The molecule has 0 aromatic heterocycles. The summed E-state index contributed by atoms with van der Waals surface area (Å²) in [5.74, 6) is -0.477. The van der Waals surface area contributed by atoms with Crippen LogP contribution in [0.4, 0.5) is 11.4 Å². The van der Waals surface area contributed by atoms with Gasteiger partial charge in [0.2, 0.25) is 5.91 Å². The number of nitrogens with two attached hydrogens (primary N) is 1. The number of nitrogens with zero attached hydrogens (tertiary/aromatic N) is 1. The van der Waals surface area contributed by atoms with Crippen molar-refractivity contribution in [1.29, 1.82) is 0 Å². The van der Waals surface area contributed by atoms with Gasteiger partial charge in [-0.25, -0.2) is 0 Å². The van der Waals surface area contributed by atoms with Crippen molar-refractivity contribution < 1.29 is 9.72 Å². The van der Waals surface area contributed by atoms with Gasteiger partial charge in [-0.15, -0.1) is 0 Å². The third kappa shape index (κ3) is 3.08. The molecule has 2 atom stereocenters. The first kappa shape index (κ1) is 13.5. The fourth-order valence-electron chi connectivity index (χ4n) is 2.45. The Labute approximate surface area is 111 Å². The third-order valence-electron chi connectivity index (χ3n) is 3.51. The predicted octanol–water partition coefficient (Wildman–Crippen LogP) is 2.05. The van der Waals surface area contributed by atoms with Crippen LogP contribution >= 0.6 is 0 Å². The lowest BCUT2D eigenvalue weighted by atomic mass is 9.84. The van der Waals surface area contributed by atoms with Crippen molar-refractivity contribution >= 4 is 17.3 Å². The van der Waals surface area contributed by atoms with Crippen LogP contribution in [0.2, 0.25) is 0 Å². The van der Waals surface area contributed by atoms with Crippen LogP contribution in [0.25, 0.3) is 0 Å². The minimum atomic E-state index is -0.504. The average molecular weight is 263 g/mol. The lowest BCUT2D eigenvalue weighted by molar-refractivity contribution is -0.383. The number of amides is 1. The van der Waals surface area contributed by atoms with Crippen LogP contribution in [0.15, 0.2) is 24.3 Å². The standard InChI is InChI=1S/C13H17N3O3/c14-10-6-2-1-5-9(10)13(17)15-11-7-3-4-8-12(11)16(18)19/h3-4,7-10H,1-2,5-6,14H2,(H,15,17). The number of rotatable bonds is 3. The summed E-state index contributed by atoms with van der Waals surface area (Å²) in [5, 5.41) is 13.5. The Balaban J connectivity index is 2.12. The van der Waals surface area contributed by atoms with E-state index in [4.69, 9.17) is 5.73 Å². The van der Waals surface area contributed by atoms with E-state index in [0.29, 0.717) is 0 Å². The number of nitro benzene ring substituents is 1. The zero-order chi connectivity index (χ0) is 13.8. The molecule has 2 unspecified atom stereocenters. The molecule has 1 aromatic carbocycles. The van der Waals surface area contributed by atoms with Gasteiger partial charge in [-0.3, -0.25) is 14.9 Å². The molecule has 0 spiro atoms. The first-order valence-electron chi connectivity index (χ1n) is 6.39. The molecule has 0 radical (unpaired) electrons. The fourth-order valence-corrected chi connectivity index (χ4v) is 2.45. The molecule has 3 N–H and O–H groups in total. The number of anilines is 1. The summed E-state index contributed by atoms with van der Waals surface area (Å²) in [6.45, 7) is 0. The Kier molecular flexibility index (Phi) is 4.11. The molecule has 1 aliphatic carbocycles. The Morgan fingerprint density at radius 1 is 1.32 bits per heavy atom. The molecule has 1 aromatic rings. The molecule has 1 amide bonds. The van der Waals surface area contributed by atoms with Gasteiger partial charge >= 0.3 is 0 Å². The topological polar surface area (TPSA) is 98.3 Å². The second-order valence-electron chi connectivity index (χ2n) is 4.82. The van der Waals surface area contributed by atoms with Crippen LogP contribution in [0.5, 0.6) is 0 Å². The molecule has 102 valence electrons. The van der Waals surface area contributed by atoms with E-state index in [1.807, 2.05) is 0 Å². The minimum absolute atomic E-state index is 0.0970. The van der Waals surface area contributed by atoms with Crippen molar-refractivity contribution in [3.05, 3.63) is 34.4 Å². The van der Waals surface area contributed by atoms with Gasteiger partial charge in [-0.2, -0.15) is 0 Å². The first-order chi connectivity index (χ1) is 9.09. The van der Waals surface area contributed by atoms with Crippen molar-refractivity contribution in [1.82, 2.24) is 0 Å². The maximum atomic E-state index is 12.1. The predicted molar refractivity (Wildman–Crippen MR) is 71.7 cm³/mol. The Bertz CT molecular complexity index is 490. The van der Waals surface area contributed by atoms with Crippen molar-refractivity contribution in [2.45, 2.75) is 31.7 Å². The molecule has 6 nitrogen and oxygen atoms in total. The highest BCUT2D eigenvalue weighted by Gasteiger charge is 2.29. The Morgan fingerprint density at radius 2 is 2.00 bits per heavy atom. The summed E-state index contributed by atoms with van der Waals surface area (Å²) in [4.78, 5) is 22.5. The highest BCUT2D eigenvalue weighted by molar-refractivity contribution is 5.95. The second kappa shape index (κ2) is 5.79. The van der Waals surface area contributed by atoms with Crippen molar-refractivity contribution in [3.63, 3.8) is 0 Å². The number of hydrogen-bond donors (Lipinski definition) is 2. The molecule has 1 fully saturated rings. The molecule has 0 bridgehead atoms. The first-order valence-corrected chi connectivity index (χ1v) is 6.39. The van der Waals surface area contributed by atoms with E-state index in [1.165, 1.54) is 12.1 Å². The van der Waals surface area contributed by atoms with Crippen LogP contribution in [-0.2, 0) is 4.79 Å². The van der Waals surface area contributed by atoms with Gasteiger partial charge in [-0.1, -0.05) is 25.0 Å². The fraction of sp³-hybridized carbons (Fsp3) is 0.462. The SMILES string of the molecule is NC1CCCCC1C(=O)Nc1ccccc1[N+](=O)[O-]. The van der Waals surface area contributed by atoms with Gasteiger partial charge in [-0.05, 0) is 18.9 Å². The summed E-state index contributed by atoms with van der Waals surface area (Å²) < 4.78 is 0. The van der Waals surface area contributed by atoms with Gasteiger partial charge in [0, 0.05) is 12.1 Å². The maximum Gasteiger partial charge on any atom is 0.292 e. The smallest absolute Gasteiger partial charge is 0.292 e. The highest BCUT2D eigenvalue weighted by Crippen LogP contribution is 2.27. The summed E-state index contributed by atoms with van der Waals surface area (Å²) in [6.07, 6.45) is 3.59.